The minimum Gasteiger partial charge on any atom is -0.356 e. The fraction of sp³-hybridized carbons (Fsp3) is 0.400. The normalized spacial score (nSPS) is 16.2. The van der Waals surface area contributed by atoms with Gasteiger partial charge in [-0.15, -0.1) is 24.0 Å². The fourth-order valence-corrected chi connectivity index (χ4v) is 4.22. The van der Waals surface area contributed by atoms with Gasteiger partial charge < -0.3 is 20.1 Å². The second-order valence-corrected chi connectivity index (χ2v) is 8.31. The molecule has 1 aromatic heterocycles. The molecule has 0 spiro atoms. The number of rotatable bonds is 9. The molecule has 0 radical (unpaired) electrons. The van der Waals surface area contributed by atoms with Crippen molar-refractivity contribution >= 4 is 46.9 Å². The predicted octanol–water partition coefficient (Wildman–Crippen LogP) is 3.30. The number of likely N-dealkylation sites (tertiary alicyclic amines) is 1. The molecule has 1 unspecified atom stereocenters. The van der Waals surface area contributed by atoms with Crippen LogP contribution in [0.5, 0.6) is 0 Å². The Balaban J connectivity index is 0.00000306. The monoisotopic (exact) mass is 560 g/mol. The number of hydrogen-bond donors (Lipinski definition) is 2. The van der Waals surface area contributed by atoms with E-state index in [0.717, 1.165) is 62.6 Å². The molecule has 0 bridgehead atoms. The van der Waals surface area contributed by atoms with E-state index in [1.807, 2.05) is 47.6 Å². The Labute approximate surface area is 212 Å². The molecule has 176 valence electrons. The van der Waals surface area contributed by atoms with Gasteiger partial charge in [0.25, 0.3) is 0 Å². The smallest absolute Gasteiger partial charge is 0.223 e. The molecule has 8 heteroatoms. The van der Waals surface area contributed by atoms with Crippen molar-refractivity contribution in [1.82, 2.24) is 25.1 Å². The number of fused-ring (bicyclic) bond motifs is 1. The number of hydrogen-bond acceptors (Lipinski definition) is 3. The molecule has 7 nitrogen and oxygen atoms in total. The van der Waals surface area contributed by atoms with Crippen molar-refractivity contribution in [3.05, 3.63) is 66.5 Å². The molecule has 2 aromatic carbocycles. The van der Waals surface area contributed by atoms with Gasteiger partial charge in [-0.25, -0.2) is 4.98 Å². The number of halogens is 1. The van der Waals surface area contributed by atoms with Crippen LogP contribution in [0.25, 0.3) is 11.0 Å². The third-order valence-electron chi connectivity index (χ3n) is 5.99. The van der Waals surface area contributed by atoms with Gasteiger partial charge >= 0.3 is 0 Å². The summed E-state index contributed by atoms with van der Waals surface area (Å²) in [4.78, 5) is 23.1. The number of nitrogens with one attached hydrogen (secondary N) is 2. The maximum atomic E-state index is 12.4. The predicted molar refractivity (Wildman–Crippen MR) is 144 cm³/mol. The van der Waals surface area contributed by atoms with E-state index in [-0.39, 0.29) is 29.9 Å². The van der Waals surface area contributed by atoms with Crippen LogP contribution >= 0.6 is 24.0 Å². The van der Waals surface area contributed by atoms with E-state index >= 15 is 0 Å². The van der Waals surface area contributed by atoms with Gasteiger partial charge in [-0.1, -0.05) is 42.5 Å². The van der Waals surface area contributed by atoms with Gasteiger partial charge in [-0.3, -0.25) is 9.79 Å². The molecule has 1 atom stereocenters. The van der Waals surface area contributed by atoms with Gasteiger partial charge in [-0.2, -0.15) is 0 Å². The van der Waals surface area contributed by atoms with E-state index in [9.17, 15) is 4.79 Å². The second-order valence-electron chi connectivity index (χ2n) is 8.31. The lowest BCUT2D eigenvalue weighted by molar-refractivity contribution is -0.127. The van der Waals surface area contributed by atoms with Gasteiger partial charge in [0.1, 0.15) is 0 Å². The molecule has 4 rings (SSSR count). The summed E-state index contributed by atoms with van der Waals surface area (Å²) in [6.45, 7) is 4.06. The van der Waals surface area contributed by atoms with E-state index in [1.54, 1.807) is 7.05 Å². The SMILES string of the molecule is CN=C(NCCCn1cnc2ccccc21)NCC1CC(=O)N(CCc2ccccc2)C1.I. The van der Waals surface area contributed by atoms with Crippen molar-refractivity contribution in [3.63, 3.8) is 0 Å². The van der Waals surface area contributed by atoms with Crippen molar-refractivity contribution in [2.75, 3.05) is 33.2 Å². The Bertz CT molecular complexity index is 1050. The van der Waals surface area contributed by atoms with Crippen molar-refractivity contribution < 1.29 is 4.79 Å². The van der Waals surface area contributed by atoms with E-state index in [2.05, 4.69) is 43.4 Å². The number of nitrogens with zero attached hydrogens (tertiary/aromatic N) is 4. The number of aliphatic imine (C=N–C) groups is 1. The second kappa shape index (κ2) is 12.6. The number of para-hydroxylation sites is 2. The zero-order valence-corrected chi connectivity index (χ0v) is 21.4. The number of aromatic nitrogens is 2. The highest BCUT2D eigenvalue weighted by atomic mass is 127. The van der Waals surface area contributed by atoms with Crippen LogP contribution < -0.4 is 10.6 Å². The van der Waals surface area contributed by atoms with Gasteiger partial charge in [0, 0.05) is 52.1 Å². The van der Waals surface area contributed by atoms with Crippen molar-refractivity contribution in [3.8, 4) is 0 Å². The molecule has 3 aromatic rings. The molecule has 0 aliphatic carbocycles. The maximum absolute atomic E-state index is 12.4. The minimum absolute atomic E-state index is 0. The molecule has 1 saturated heterocycles. The summed E-state index contributed by atoms with van der Waals surface area (Å²) in [6, 6.07) is 18.5. The van der Waals surface area contributed by atoms with Crippen LogP contribution in [0.2, 0.25) is 0 Å². The number of amides is 1. The highest BCUT2D eigenvalue weighted by molar-refractivity contribution is 14.0. The molecule has 33 heavy (non-hydrogen) atoms. The Morgan fingerprint density at radius 2 is 1.88 bits per heavy atom. The van der Waals surface area contributed by atoms with Gasteiger partial charge in [0.2, 0.25) is 5.91 Å². The van der Waals surface area contributed by atoms with Crippen LogP contribution in [-0.4, -0.2) is 59.5 Å². The summed E-state index contributed by atoms with van der Waals surface area (Å²) in [5.41, 5.74) is 3.47. The summed E-state index contributed by atoms with van der Waals surface area (Å²) in [6.07, 6.45) is 4.38. The first kappa shape index (κ1) is 25.0. The van der Waals surface area contributed by atoms with Crippen molar-refractivity contribution in [2.45, 2.75) is 25.8 Å². The number of carbonyl (C=O) groups is 1. The molecular weight excluding hydrogens is 527 g/mol. The summed E-state index contributed by atoms with van der Waals surface area (Å²) in [7, 11) is 1.78. The third kappa shape index (κ3) is 6.93. The largest absolute Gasteiger partial charge is 0.356 e. The highest BCUT2D eigenvalue weighted by Gasteiger charge is 2.29. The average Bonchev–Trinajstić information content (AvgIpc) is 3.40. The van der Waals surface area contributed by atoms with E-state index < -0.39 is 0 Å². The van der Waals surface area contributed by atoms with E-state index in [0.29, 0.717) is 12.3 Å². The standard InChI is InChI=1S/C25H32N6O.HI/c1-26-25(27-13-7-14-31-19-29-22-10-5-6-11-23(22)31)28-17-21-16-24(32)30(18-21)15-12-20-8-3-2-4-9-20;/h2-6,8-11,19,21H,7,12-18H2,1H3,(H2,26,27,28);1H. The topological polar surface area (TPSA) is 74.5 Å². The summed E-state index contributed by atoms with van der Waals surface area (Å²) < 4.78 is 2.18. The van der Waals surface area contributed by atoms with Gasteiger partial charge in [0.15, 0.2) is 5.96 Å². The summed E-state index contributed by atoms with van der Waals surface area (Å²) in [5, 5.41) is 6.77. The van der Waals surface area contributed by atoms with Gasteiger partial charge in [-0.05, 0) is 30.5 Å². The van der Waals surface area contributed by atoms with Crippen LogP contribution in [0, 0.1) is 5.92 Å². The quantitative estimate of drug-likeness (QED) is 0.182. The first-order chi connectivity index (χ1) is 15.7. The molecular formula is C25H33IN6O. The first-order valence-corrected chi connectivity index (χ1v) is 11.4. The number of aryl methyl sites for hydroxylation is 1. The van der Waals surface area contributed by atoms with Crippen LogP contribution in [0.4, 0.5) is 0 Å². The van der Waals surface area contributed by atoms with Crippen molar-refractivity contribution in [2.24, 2.45) is 10.9 Å². The van der Waals surface area contributed by atoms with Crippen molar-refractivity contribution in [1.29, 1.82) is 0 Å². The van der Waals surface area contributed by atoms with Crippen LogP contribution in [0.1, 0.15) is 18.4 Å². The Hall–Kier alpha value is -2.62. The fourth-order valence-electron chi connectivity index (χ4n) is 4.22. The summed E-state index contributed by atoms with van der Waals surface area (Å²) in [5.74, 6) is 1.35. The molecule has 1 fully saturated rings. The van der Waals surface area contributed by atoms with Crippen LogP contribution in [0.15, 0.2) is 65.9 Å². The lowest BCUT2D eigenvalue weighted by atomic mass is 10.1. The number of imidazole rings is 1. The zero-order valence-electron chi connectivity index (χ0n) is 19.1. The average molecular weight is 560 g/mol. The molecule has 0 saturated carbocycles. The lowest BCUT2D eigenvalue weighted by Crippen LogP contribution is -2.40. The molecule has 2 N–H and O–H groups in total. The summed E-state index contributed by atoms with van der Waals surface area (Å²) >= 11 is 0. The van der Waals surface area contributed by atoms with E-state index in [1.165, 1.54) is 5.56 Å². The molecule has 1 aliphatic rings. The Kier molecular flexibility index (Phi) is 9.53. The third-order valence-corrected chi connectivity index (χ3v) is 5.99. The van der Waals surface area contributed by atoms with Gasteiger partial charge in [0.05, 0.1) is 17.4 Å². The molecule has 1 aliphatic heterocycles. The zero-order chi connectivity index (χ0) is 22.2. The van der Waals surface area contributed by atoms with E-state index in [4.69, 9.17) is 0 Å². The van der Waals surface area contributed by atoms with Crippen LogP contribution in [-0.2, 0) is 17.8 Å². The molecule has 2 heterocycles. The number of carbonyl (C=O) groups excluding carboxylic acids is 1. The minimum atomic E-state index is 0. The Morgan fingerprint density at radius 1 is 1.09 bits per heavy atom. The molecule has 1 amide bonds. The lowest BCUT2D eigenvalue weighted by Gasteiger charge is -2.18. The highest BCUT2D eigenvalue weighted by Crippen LogP contribution is 2.17. The number of benzene rings is 2. The number of guanidine groups is 1. The first-order valence-electron chi connectivity index (χ1n) is 11.4. The van der Waals surface area contributed by atoms with Crippen LogP contribution in [0.3, 0.4) is 0 Å². The Morgan fingerprint density at radius 3 is 2.70 bits per heavy atom. The maximum Gasteiger partial charge on any atom is 0.223 e.